The maximum absolute atomic E-state index is 6.02. The topological polar surface area (TPSA) is 9.23 Å². The first-order chi connectivity index (χ1) is 5.83. The highest BCUT2D eigenvalue weighted by atomic mass is 127. The van der Waals surface area contributed by atoms with Gasteiger partial charge in [-0.2, -0.15) is 0 Å². The molecule has 2 atom stereocenters. The zero-order chi connectivity index (χ0) is 10.5. The molecule has 0 fully saturated rings. The highest BCUT2D eigenvalue weighted by molar-refractivity contribution is 14.1. The summed E-state index contributed by atoms with van der Waals surface area (Å²) in [5.74, 6) is 0. The summed E-state index contributed by atoms with van der Waals surface area (Å²) in [6, 6.07) is 0. The lowest BCUT2D eigenvalue weighted by Gasteiger charge is -2.32. The van der Waals surface area contributed by atoms with E-state index in [9.17, 15) is 0 Å². The number of hydrogen-bond acceptors (Lipinski definition) is 1. The molecule has 0 rings (SSSR count). The summed E-state index contributed by atoms with van der Waals surface area (Å²) in [6.45, 7) is 4.25. The SMILES string of the molecule is CC(I)(CCBr)OC(C)(I)CCBr. The largest absolute Gasteiger partial charge is 0.348 e. The predicted octanol–water partition coefficient (Wildman–Crippen LogP) is 4.88. The third kappa shape index (κ3) is 8.21. The molecular weight excluding hydrogens is 526 g/mol. The van der Waals surface area contributed by atoms with Crippen LogP contribution >= 0.6 is 77.0 Å². The van der Waals surface area contributed by atoms with Crippen molar-refractivity contribution in [2.45, 2.75) is 33.9 Å². The van der Waals surface area contributed by atoms with Gasteiger partial charge in [0.15, 0.2) is 0 Å². The van der Waals surface area contributed by atoms with Crippen molar-refractivity contribution in [1.29, 1.82) is 0 Å². The molecule has 0 spiro atoms. The summed E-state index contributed by atoms with van der Waals surface area (Å²) in [4.78, 5) is 0. The Bertz CT molecular complexity index is 135. The summed E-state index contributed by atoms with van der Waals surface area (Å²) in [5, 5.41) is 1.96. The van der Waals surface area contributed by atoms with Crippen molar-refractivity contribution in [3.63, 3.8) is 0 Å². The third-order valence-electron chi connectivity index (χ3n) is 1.51. The molecule has 0 aliphatic rings. The molecule has 0 aliphatic carbocycles. The first-order valence-electron chi connectivity index (χ1n) is 4.03. The minimum absolute atomic E-state index is 0.0701. The fourth-order valence-electron chi connectivity index (χ4n) is 0.883. The molecule has 0 saturated carbocycles. The molecule has 0 amide bonds. The summed E-state index contributed by atoms with van der Waals surface area (Å²) in [6.07, 6.45) is 2.04. The molecule has 5 heteroatoms. The molecular formula is C8H14Br2I2O. The van der Waals surface area contributed by atoms with Gasteiger partial charge in [0.1, 0.15) is 7.22 Å². The van der Waals surface area contributed by atoms with E-state index >= 15 is 0 Å². The van der Waals surface area contributed by atoms with Crippen LogP contribution in [0.4, 0.5) is 0 Å². The van der Waals surface area contributed by atoms with Gasteiger partial charge in [0.05, 0.1) is 0 Å². The summed E-state index contributed by atoms with van der Waals surface area (Å²) in [5.41, 5.74) is 0. The molecule has 13 heavy (non-hydrogen) atoms. The third-order valence-corrected chi connectivity index (χ3v) is 3.82. The van der Waals surface area contributed by atoms with Gasteiger partial charge in [-0.15, -0.1) is 0 Å². The second-order valence-electron chi connectivity index (χ2n) is 3.18. The predicted molar refractivity (Wildman–Crippen MR) is 82.8 cm³/mol. The molecule has 0 aliphatic heterocycles. The van der Waals surface area contributed by atoms with Crippen LogP contribution in [0.25, 0.3) is 0 Å². The first kappa shape index (κ1) is 15.4. The van der Waals surface area contributed by atoms with Gasteiger partial charge in [-0.25, -0.2) is 0 Å². The van der Waals surface area contributed by atoms with Crippen LogP contribution in [0.15, 0.2) is 0 Å². The maximum atomic E-state index is 6.02. The van der Waals surface area contributed by atoms with Crippen LogP contribution in [0.3, 0.4) is 0 Å². The first-order valence-corrected chi connectivity index (χ1v) is 8.43. The van der Waals surface area contributed by atoms with E-state index in [1.807, 2.05) is 0 Å². The van der Waals surface area contributed by atoms with Crippen LogP contribution in [0.1, 0.15) is 26.7 Å². The molecule has 0 saturated heterocycles. The van der Waals surface area contributed by atoms with Gasteiger partial charge in [0.25, 0.3) is 0 Å². The van der Waals surface area contributed by atoms with Crippen molar-refractivity contribution >= 4 is 77.0 Å². The van der Waals surface area contributed by atoms with E-state index in [1.165, 1.54) is 0 Å². The Balaban J connectivity index is 4.07. The Morgan fingerprint density at radius 3 is 1.54 bits per heavy atom. The van der Waals surface area contributed by atoms with E-state index in [4.69, 9.17) is 4.74 Å². The number of hydrogen-bond donors (Lipinski definition) is 0. The van der Waals surface area contributed by atoms with Crippen LogP contribution in [0.5, 0.6) is 0 Å². The van der Waals surface area contributed by atoms with Crippen molar-refractivity contribution in [2.75, 3.05) is 10.7 Å². The minimum atomic E-state index is -0.0701. The molecule has 0 bridgehead atoms. The van der Waals surface area contributed by atoms with Gasteiger partial charge in [-0.05, 0) is 71.9 Å². The van der Waals surface area contributed by atoms with E-state index in [0.29, 0.717) is 0 Å². The average molecular weight is 540 g/mol. The maximum Gasteiger partial charge on any atom is 0.118 e. The molecule has 0 aromatic rings. The van der Waals surface area contributed by atoms with Gasteiger partial charge in [0, 0.05) is 10.7 Å². The number of ether oxygens (including phenoxy) is 1. The fourth-order valence-corrected chi connectivity index (χ4v) is 5.81. The second kappa shape index (κ2) is 6.85. The number of alkyl halides is 4. The molecule has 0 aromatic carbocycles. The fraction of sp³-hybridized carbons (Fsp3) is 1.00. The van der Waals surface area contributed by atoms with Crippen molar-refractivity contribution in [2.24, 2.45) is 0 Å². The van der Waals surface area contributed by atoms with Gasteiger partial charge < -0.3 is 4.74 Å². The quantitative estimate of drug-likeness (QED) is 0.346. The van der Waals surface area contributed by atoms with E-state index in [-0.39, 0.29) is 7.22 Å². The normalized spacial score (nSPS) is 20.8. The average Bonchev–Trinajstić information content (AvgIpc) is 1.82. The lowest BCUT2D eigenvalue weighted by atomic mass is 10.2. The zero-order valence-electron chi connectivity index (χ0n) is 7.75. The lowest BCUT2D eigenvalue weighted by Crippen LogP contribution is -2.33. The van der Waals surface area contributed by atoms with E-state index in [0.717, 1.165) is 23.5 Å². The summed E-state index contributed by atoms with van der Waals surface area (Å²) in [7, 11) is 0. The molecule has 80 valence electrons. The van der Waals surface area contributed by atoms with E-state index in [2.05, 4.69) is 90.9 Å². The molecule has 2 unspecified atom stereocenters. The molecule has 1 nitrogen and oxygen atoms in total. The zero-order valence-corrected chi connectivity index (χ0v) is 15.2. The highest BCUT2D eigenvalue weighted by Gasteiger charge is 2.30. The summed E-state index contributed by atoms with van der Waals surface area (Å²) < 4.78 is 5.88. The monoisotopic (exact) mass is 538 g/mol. The van der Waals surface area contributed by atoms with Crippen LogP contribution in [-0.4, -0.2) is 17.9 Å². The van der Waals surface area contributed by atoms with Crippen LogP contribution in [0, 0.1) is 0 Å². The lowest BCUT2D eigenvalue weighted by molar-refractivity contribution is -0.0163. The standard InChI is InChI=1S/C8H14Br2I2O/c1-7(11,3-5-9)13-8(2,12)4-6-10/h3-6H2,1-2H3. The van der Waals surface area contributed by atoms with Crippen molar-refractivity contribution in [1.82, 2.24) is 0 Å². The van der Waals surface area contributed by atoms with E-state index < -0.39 is 0 Å². The molecule has 0 N–H and O–H groups in total. The van der Waals surface area contributed by atoms with Crippen molar-refractivity contribution in [3.05, 3.63) is 0 Å². The Labute approximate surface area is 125 Å². The van der Waals surface area contributed by atoms with Crippen molar-refractivity contribution < 1.29 is 4.74 Å². The van der Waals surface area contributed by atoms with Crippen molar-refractivity contribution in [3.8, 4) is 0 Å². The Morgan fingerprint density at radius 1 is 1.00 bits per heavy atom. The minimum Gasteiger partial charge on any atom is -0.348 e. The second-order valence-corrected chi connectivity index (χ2v) is 9.33. The number of rotatable bonds is 6. The Morgan fingerprint density at radius 2 is 1.31 bits per heavy atom. The Hall–Kier alpha value is 2.38. The molecule has 0 aromatic heterocycles. The summed E-state index contributed by atoms with van der Waals surface area (Å²) >= 11 is 11.6. The van der Waals surface area contributed by atoms with Gasteiger partial charge in [0.2, 0.25) is 0 Å². The van der Waals surface area contributed by atoms with Crippen LogP contribution in [0.2, 0.25) is 0 Å². The van der Waals surface area contributed by atoms with Gasteiger partial charge in [-0.3, -0.25) is 0 Å². The number of halogens is 4. The van der Waals surface area contributed by atoms with Crippen LogP contribution < -0.4 is 0 Å². The van der Waals surface area contributed by atoms with Crippen LogP contribution in [-0.2, 0) is 4.74 Å². The van der Waals surface area contributed by atoms with Gasteiger partial charge >= 0.3 is 0 Å². The van der Waals surface area contributed by atoms with Gasteiger partial charge in [-0.1, -0.05) is 31.9 Å². The molecule has 0 radical (unpaired) electrons. The smallest absolute Gasteiger partial charge is 0.118 e. The Kier molecular flexibility index (Phi) is 8.11. The molecule has 0 heterocycles. The highest BCUT2D eigenvalue weighted by Crippen LogP contribution is 2.36. The van der Waals surface area contributed by atoms with E-state index in [1.54, 1.807) is 0 Å².